The Hall–Kier alpha value is -2.64. The Morgan fingerprint density at radius 1 is 1.32 bits per heavy atom. The molecule has 3 rings (SSSR count). The van der Waals surface area contributed by atoms with Gasteiger partial charge in [0.1, 0.15) is 5.01 Å². The molecule has 0 aliphatic carbocycles. The van der Waals surface area contributed by atoms with E-state index in [1.165, 1.54) is 0 Å². The summed E-state index contributed by atoms with van der Waals surface area (Å²) in [6.07, 6.45) is 9.92. The Labute approximate surface area is 133 Å². The summed E-state index contributed by atoms with van der Waals surface area (Å²) in [4.78, 5) is 9.02. The van der Waals surface area contributed by atoms with Crippen LogP contribution < -0.4 is 0 Å². The van der Waals surface area contributed by atoms with Crippen LogP contribution in [0.4, 0.5) is 0 Å². The third-order valence-corrected chi connectivity index (χ3v) is 4.40. The average molecular weight is 305 g/mol. The van der Waals surface area contributed by atoms with Crippen molar-refractivity contribution in [1.29, 1.82) is 5.26 Å². The first-order valence-corrected chi connectivity index (χ1v) is 7.82. The van der Waals surface area contributed by atoms with Crippen molar-refractivity contribution in [3.8, 4) is 16.6 Å². The highest BCUT2D eigenvalue weighted by atomic mass is 32.1. The van der Waals surface area contributed by atoms with E-state index in [2.05, 4.69) is 16.0 Å². The second-order valence-electron chi connectivity index (χ2n) is 4.95. The molecule has 0 amide bonds. The molecule has 0 saturated heterocycles. The molecular weight excluding hydrogens is 290 g/mol. The van der Waals surface area contributed by atoms with Crippen molar-refractivity contribution in [3.63, 3.8) is 0 Å². The molecule has 0 unspecified atom stereocenters. The summed E-state index contributed by atoms with van der Waals surface area (Å²) in [7, 11) is 0. The van der Waals surface area contributed by atoms with Gasteiger partial charge in [-0.2, -0.15) is 5.26 Å². The van der Waals surface area contributed by atoms with Crippen LogP contribution in [0, 0.1) is 18.3 Å². The average Bonchev–Trinajstić information content (AvgIpc) is 3.10. The van der Waals surface area contributed by atoms with Gasteiger partial charge in [-0.3, -0.25) is 0 Å². The number of aryl methyl sites for hydroxylation is 1. The Morgan fingerprint density at radius 3 is 2.95 bits per heavy atom. The molecule has 0 aliphatic rings. The van der Waals surface area contributed by atoms with Crippen LogP contribution in [-0.2, 0) is 0 Å². The number of fused-ring (bicyclic) bond motifs is 1. The summed E-state index contributed by atoms with van der Waals surface area (Å²) in [5, 5.41) is 11.1. The van der Waals surface area contributed by atoms with Gasteiger partial charge in [0.25, 0.3) is 0 Å². The number of nitriles is 1. The molecule has 2 aromatic heterocycles. The number of hydrogen-bond acceptors (Lipinski definition) is 3. The van der Waals surface area contributed by atoms with Gasteiger partial charge in [-0.15, -0.1) is 11.3 Å². The van der Waals surface area contributed by atoms with Crippen LogP contribution in [-0.4, -0.2) is 9.97 Å². The van der Waals surface area contributed by atoms with Crippen LogP contribution in [0.1, 0.15) is 23.1 Å². The van der Waals surface area contributed by atoms with E-state index < -0.39 is 0 Å². The number of allylic oxidation sites excluding steroid dienone is 3. The molecule has 0 bridgehead atoms. The number of nitrogens with zero attached hydrogens (tertiary/aromatic N) is 2. The Balaban J connectivity index is 2.10. The standard InChI is InChI=1S/C18H15N3S/c1-3-4-5-6-14-11-20-18(22-14)17-12(2)21-16-8-7-13(10-19)9-15(16)17/h3-9,11,21H,1-2H3/b4-3-,6-5-. The highest BCUT2D eigenvalue weighted by molar-refractivity contribution is 7.16. The largest absolute Gasteiger partial charge is 0.358 e. The number of benzene rings is 1. The van der Waals surface area contributed by atoms with Gasteiger partial charge >= 0.3 is 0 Å². The fourth-order valence-electron chi connectivity index (χ4n) is 2.41. The zero-order valence-electron chi connectivity index (χ0n) is 12.4. The predicted octanol–water partition coefficient (Wildman–Crippen LogP) is 5.06. The molecule has 0 spiro atoms. The Bertz CT molecular complexity index is 920. The second-order valence-corrected chi connectivity index (χ2v) is 6.01. The number of H-pyrrole nitrogens is 1. The minimum absolute atomic E-state index is 0.664. The molecule has 1 aromatic carbocycles. The van der Waals surface area contributed by atoms with Crippen LogP contribution in [0.15, 0.2) is 42.6 Å². The Morgan fingerprint density at radius 2 is 2.18 bits per heavy atom. The molecule has 22 heavy (non-hydrogen) atoms. The van der Waals surface area contributed by atoms with Crippen LogP contribution in [0.3, 0.4) is 0 Å². The normalized spacial score (nSPS) is 11.7. The fraction of sp³-hybridized carbons (Fsp3) is 0.111. The molecule has 3 nitrogen and oxygen atoms in total. The van der Waals surface area contributed by atoms with E-state index in [0.717, 1.165) is 32.0 Å². The third-order valence-electron chi connectivity index (χ3n) is 3.42. The molecule has 108 valence electrons. The highest BCUT2D eigenvalue weighted by Crippen LogP contribution is 2.35. The van der Waals surface area contributed by atoms with Crippen molar-refractivity contribution in [1.82, 2.24) is 9.97 Å². The van der Waals surface area contributed by atoms with Gasteiger partial charge in [-0.1, -0.05) is 18.2 Å². The fourth-order valence-corrected chi connectivity index (χ4v) is 3.36. The maximum absolute atomic E-state index is 9.10. The van der Waals surface area contributed by atoms with Crippen LogP contribution >= 0.6 is 11.3 Å². The molecule has 4 heteroatoms. The number of rotatable bonds is 3. The van der Waals surface area contributed by atoms with E-state index in [4.69, 9.17) is 5.26 Å². The lowest BCUT2D eigenvalue weighted by molar-refractivity contribution is 1.29. The predicted molar refractivity (Wildman–Crippen MR) is 92.7 cm³/mol. The van der Waals surface area contributed by atoms with Gasteiger partial charge in [0, 0.05) is 33.2 Å². The van der Waals surface area contributed by atoms with Crippen molar-refractivity contribution in [2.75, 3.05) is 0 Å². The zero-order valence-corrected chi connectivity index (χ0v) is 13.2. The molecule has 0 saturated carbocycles. The van der Waals surface area contributed by atoms with E-state index in [1.54, 1.807) is 11.3 Å². The highest BCUT2D eigenvalue weighted by Gasteiger charge is 2.14. The van der Waals surface area contributed by atoms with Crippen molar-refractivity contribution >= 4 is 28.3 Å². The first-order valence-electron chi connectivity index (χ1n) is 7.01. The van der Waals surface area contributed by atoms with Crippen molar-refractivity contribution in [3.05, 3.63) is 58.8 Å². The van der Waals surface area contributed by atoms with Gasteiger partial charge in [-0.05, 0) is 38.1 Å². The molecule has 0 aliphatic heterocycles. The number of aromatic amines is 1. The minimum Gasteiger partial charge on any atom is -0.358 e. The van der Waals surface area contributed by atoms with Gasteiger partial charge in [0.2, 0.25) is 0 Å². The molecule has 0 fully saturated rings. The zero-order chi connectivity index (χ0) is 15.5. The number of thiazole rings is 1. The maximum Gasteiger partial charge on any atom is 0.126 e. The van der Waals surface area contributed by atoms with Crippen LogP contribution in [0.25, 0.3) is 27.6 Å². The summed E-state index contributed by atoms with van der Waals surface area (Å²) < 4.78 is 0. The van der Waals surface area contributed by atoms with Gasteiger partial charge in [0.15, 0.2) is 0 Å². The van der Waals surface area contributed by atoms with Gasteiger partial charge in [0.05, 0.1) is 11.6 Å². The monoisotopic (exact) mass is 305 g/mol. The molecule has 0 radical (unpaired) electrons. The molecule has 2 heterocycles. The lowest BCUT2D eigenvalue weighted by atomic mass is 10.1. The first kappa shape index (κ1) is 14.3. The summed E-state index contributed by atoms with van der Waals surface area (Å²) in [5.41, 5.74) is 3.86. The van der Waals surface area contributed by atoms with Crippen LogP contribution in [0.2, 0.25) is 0 Å². The Kier molecular flexibility index (Phi) is 3.90. The third kappa shape index (κ3) is 2.59. The van der Waals surface area contributed by atoms with E-state index in [0.29, 0.717) is 5.56 Å². The lowest BCUT2D eigenvalue weighted by Gasteiger charge is -1.96. The SMILES string of the molecule is C/C=C\C=C/c1cnc(-c2c(C)[nH]c3ccc(C#N)cc23)s1. The summed E-state index contributed by atoms with van der Waals surface area (Å²) >= 11 is 1.65. The van der Waals surface area contributed by atoms with Crippen LogP contribution in [0.5, 0.6) is 0 Å². The molecule has 1 N–H and O–H groups in total. The summed E-state index contributed by atoms with van der Waals surface area (Å²) in [6.45, 7) is 4.03. The maximum atomic E-state index is 9.10. The smallest absolute Gasteiger partial charge is 0.126 e. The molecule has 3 aromatic rings. The summed E-state index contributed by atoms with van der Waals surface area (Å²) in [6, 6.07) is 7.90. The molecule has 0 atom stereocenters. The van der Waals surface area contributed by atoms with Gasteiger partial charge in [-0.25, -0.2) is 4.98 Å². The minimum atomic E-state index is 0.664. The topological polar surface area (TPSA) is 52.5 Å². The second kappa shape index (κ2) is 6.00. The lowest BCUT2D eigenvalue weighted by Crippen LogP contribution is -1.78. The van der Waals surface area contributed by atoms with E-state index in [-0.39, 0.29) is 0 Å². The van der Waals surface area contributed by atoms with E-state index in [1.807, 2.05) is 62.5 Å². The van der Waals surface area contributed by atoms with Gasteiger partial charge < -0.3 is 4.98 Å². The number of hydrogen-bond donors (Lipinski definition) is 1. The van der Waals surface area contributed by atoms with E-state index >= 15 is 0 Å². The van der Waals surface area contributed by atoms with Crippen molar-refractivity contribution < 1.29 is 0 Å². The molecular formula is C18H15N3S. The number of nitrogens with one attached hydrogen (secondary N) is 1. The summed E-state index contributed by atoms with van der Waals surface area (Å²) in [5.74, 6) is 0. The number of aromatic nitrogens is 2. The van der Waals surface area contributed by atoms with E-state index in [9.17, 15) is 0 Å². The first-order chi connectivity index (χ1) is 10.7. The van der Waals surface area contributed by atoms with Crippen molar-refractivity contribution in [2.24, 2.45) is 0 Å². The van der Waals surface area contributed by atoms with Crippen molar-refractivity contribution in [2.45, 2.75) is 13.8 Å². The quantitative estimate of drug-likeness (QED) is 0.687.